The largest absolute Gasteiger partial charge is 0.320 e. The van der Waals surface area contributed by atoms with E-state index in [0.717, 1.165) is 22.7 Å². The number of carbonyl (C=O) groups is 2. The van der Waals surface area contributed by atoms with Gasteiger partial charge in [-0.25, -0.2) is 4.98 Å². The van der Waals surface area contributed by atoms with Crippen LogP contribution in [0.2, 0.25) is 5.02 Å². The summed E-state index contributed by atoms with van der Waals surface area (Å²) in [5.41, 5.74) is 2.93. The number of thiazole rings is 1. The van der Waals surface area contributed by atoms with Crippen LogP contribution in [0, 0.1) is 6.92 Å². The van der Waals surface area contributed by atoms with E-state index in [-0.39, 0.29) is 11.8 Å². The van der Waals surface area contributed by atoms with Crippen molar-refractivity contribution < 1.29 is 9.59 Å². The van der Waals surface area contributed by atoms with Gasteiger partial charge in [0.2, 0.25) is 5.91 Å². The van der Waals surface area contributed by atoms with Crippen molar-refractivity contribution in [3.05, 3.63) is 50.6 Å². The normalized spacial score (nSPS) is 14.0. The Morgan fingerprint density at radius 1 is 1.33 bits per heavy atom. The molecule has 0 bridgehead atoms. The van der Waals surface area contributed by atoms with Crippen LogP contribution in [0.4, 0.5) is 11.4 Å². The number of anilines is 2. The molecule has 27 heavy (non-hydrogen) atoms. The molecule has 4 rings (SSSR count). The van der Waals surface area contributed by atoms with Gasteiger partial charge in [-0.3, -0.25) is 9.59 Å². The average molecular weight is 418 g/mol. The van der Waals surface area contributed by atoms with E-state index in [4.69, 9.17) is 11.6 Å². The number of rotatable bonds is 4. The van der Waals surface area contributed by atoms with Gasteiger partial charge in [-0.15, -0.1) is 11.3 Å². The van der Waals surface area contributed by atoms with Crippen molar-refractivity contribution in [1.82, 2.24) is 4.98 Å². The van der Waals surface area contributed by atoms with Crippen LogP contribution < -0.4 is 10.2 Å². The Bertz CT molecular complexity index is 1010. The Kier molecular flexibility index (Phi) is 4.99. The first-order valence-corrected chi connectivity index (χ1v) is 10.6. The second kappa shape index (κ2) is 7.42. The van der Waals surface area contributed by atoms with Crippen LogP contribution in [0.3, 0.4) is 0 Å². The monoisotopic (exact) mass is 417 g/mol. The quantitative estimate of drug-likeness (QED) is 0.633. The van der Waals surface area contributed by atoms with Crippen molar-refractivity contribution in [2.24, 2.45) is 0 Å². The number of nitrogens with one attached hydrogen (secondary N) is 1. The molecule has 0 spiro atoms. The number of thiophene rings is 1. The van der Waals surface area contributed by atoms with E-state index in [1.165, 1.54) is 11.3 Å². The fourth-order valence-corrected chi connectivity index (χ4v) is 4.83. The maximum absolute atomic E-state index is 12.8. The van der Waals surface area contributed by atoms with Crippen LogP contribution in [0.1, 0.15) is 28.2 Å². The van der Waals surface area contributed by atoms with Gasteiger partial charge in [0, 0.05) is 29.6 Å². The first-order chi connectivity index (χ1) is 13.0. The van der Waals surface area contributed by atoms with Gasteiger partial charge < -0.3 is 10.2 Å². The lowest BCUT2D eigenvalue weighted by molar-refractivity contribution is -0.117. The predicted octanol–water partition coefficient (Wildman–Crippen LogP) is 5.21. The molecule has 0 saturated carbocycles. The molecule has 8 heteroatoms. The summed E-state index contributed by atoms with van der Waals surface area (Å²) >= 11 is 9.22. The number of carbonyl (C=O) groups excluding carboxylic acids is 2. The van der Waals surface area contributed by atoms with Crippen LogP contribution >= 0.6 is 34.3 Å². The zero-order valence-electron chi connectivity index (χ0n) is 14.5. The van der Waals surface area contributed by atoms with E-state index in [0.29, 0.717) is 34.2 Å². The summed E-state index contributed by atoms with van der Waals surface area (Å²) in [6.07, 6.45) is 1.39. The molecule has 0 unspecified atom stereocenters. The van der Waals surface area contributed by atoms with Gasteiger partial charge in [-0.05, 0) is 43.0 Å². The number of aryl methyl sites for hydroxylation is 1. The number of nitrogens with zero attached hydrogens (tertiary/aromatic N) is 2. The van der Waals surface area contributed by atoms with Crippen molar-refractivity contribution in [3.63, 3.8) is 0 Å². The van der Waals surface area contributed by atoms with Gasteiger partial charge in [-0.2, -0.15) is 11.3 Å². The molecule has 1 N–H and O–H groups in total. The van der Waals surface area contributed by atoms with Crippen molar-refractivity contribution >= 4 is 57.5 Å². The van der Waals surface area contributed by atoms with Gasteiger partial charge in [0.15, 0.2) is 0 Å². The van der Waals surface area contributed by atoms with E-state index < -0.39 is 0 Å². The van der Waals surface area contributed by atoms with Gasteiger partial charge in [0.1, 0.15) is 9.88 Å². The minimum absolute atomic E-state index is 0.0910. The third-order valence-electron chi connectivity index (χ3n) is 4.35. The van der Waals surface area contributed by atoms with E-state index in [9.17, 15) is 9.59 Å². The Morgan fingerprint density at radius 2 is 2.19 bits per heavy atom. The molecule has 3 heterocycles. The molecule has 1 aromatic carbocycles. The average Bonchev–Trinajstić information content (AvgIpc) is 3.37. The summed E-state index contributed by atoms with van der Waals surface area (Å²) in [5, 5.41) is 8.11. The van der Waals surface area contributed by atoms with E-state index >= 15 is 0 Å². The lowest BCUT2D eigenvalue weighted by atomic mass is 10.2. The molecule has 138 valence electrons. The highest BCUT2D eigenvalue weighted by molar-refractivity contribution is 7.17. The molecule has 2 amide bonds. The third kappa shape index (κ3) is 3.63. The molecule has 0 radical (unpaired) electrons. The molecular weight excluding hydrogens is 402 g/mol. The van der Waals surface area contributed by atoms with Gasteiger partial charge in [0.05, 0.1) is 16.4 Å². The second-order valence-electron chi connectivity index (χ2n) is 6.21. The lowest BCUT2D eigenvalue weighted by Gasteiger charge is -2.17. The predicted molar refractivity (Wildman–Crippen MR) is 111 cm³/mol. The SMILES string of the molecule is Cc1nc(-c2ccsc2)sc1C(=O)Nc1cc(N2CCCC2=O)ccc1Cl. The second-order valence-corrected chi connectivity index (χ2v) is 8.40. The Morgan fingerprint density at radius 3 is 2.89 bits per heavy atom. The molecule has 2 aromatic heterocycles. The van der Waals surface area contributed by atoms with E-state index in [1.807, 2.05) is 23.8 Å². The first kappa shape index (κ1) is 18.2. The molecule has 1 aliphatic rings. The van der Waals surface area contributed by atoms with Gasteiger partial charge in [-0.1, -0.05) is 11.6 Å². The number of hydrogen-bond donors (Lipinski definition) is 1. The third-order valence-corrected chi connectivity index (χ3v) is 6.57. The molecule has 0 aliphatic carbocycles. The highest BCUT2D eigenvalue weighted by atomic mass is 35.5. The summed E-state index contributed by atoms with van der Waals surface area (Å²) < 4.78 is 0. The molecule has 0 atom stereocenters. The summed E-state index contributed by atoms with van der Waals surface area (Å²) in [6.45, 7) is 2.51. The molecule has 1 aliphatic heterocycles. The van der Waals surface area contributed by atoms with Crippen LogP contribution in [-0.4, -0.2) is 23.3 Å². The highest BCUT2D eigenvalue weighted by Crippen LogP contribution is 2.33. The first-order valence-electron chi connectivity index (χ1n) is 8.44. The summed E-state index contributed by atoms with van der Waals surface area (Å²) in [6, 6.07) is 7.24. The fraction of sp³-hybridized carbons (Fsp3) is 0.211. The van der Waals surface area contributed by atoms with E-state index in [1.54, 1.807) is 34.4 Å². The Balaban J connectivity index is 1.59. The zero-order chi connectivity index (χ0) is 19.0. The van der Waals surface area contributed by atoms with Crippen LogP contribution in [0.15, 0.2) is 35.0 Å². The topological polar surface area (TPSA) is 62.3 Å². The van der Waals surface area contributed by atoms with Crippen LogP contribution in [0.25, 0.3) is 10.6 Å². The summed E-state index contributed by atoms with van der Waals surface area (Å²) in [7, 11) is 0. The minimum atomic E-state index is -0.252. The maximum atomic E-state index is 12.8. The number of benzene rings is 1. The summed E-state index contributed by atoms with van der Waals surface area (Å²) in [4.78, 5) is 31.5. The Labute approximate surface area is 169 Å². The standard InChI is InChI=1S/C19H16ClN3O2S2/c1-11-17(27-19(21-11)12-6-8-26-10-12)18(25)22-15-9-13(4-5-14(15)20)23-7-2-3-16(23)24/h4-6,8-10H,2-3,7H2,1H3,(H,22,25). The fourth-order valence-electron chi connectivity index (χ4n) is 2.99. The molecular formula is C19H16ClN3O2S2. The van der Waals surface area contributed by atoms with Crippen molar-refractivity contribution in [2.45, 2.75) is 19.8 Å². The maximum Gasteiger partial charge on any atom is 0.267 e. The van der Waals surface area contributed by atoms with Crippen LogP contribution in [-0.2, 0) is 4.79 Å². The number of halogens is 1. The molecule has 1 saturated heterocycles. The Hall–Kier alpha value is -2.22. The molecule has 3 aromatic rings. The van der Waals surface area contributed by atoms with Crippen molar-refractivity contribution in [3.8, 4) is 10.6 Å². The molecule has 5 nitrogen and oxygen atoms in total. The van der Waals surface area contributed by atoms with E-state index in [2.05, 4.69) is 10.3 Å². The van der Waals surface area contributed by atoms with Crippen LogP contribution in [0.5, 0.6) is 0 Å². The zero-order valence-corrected chi connectivity index (χ0v) is 16.9. The van der Waals surface area contributed by atoms with Gasteiger partial charge in [0.25, 0.3) is 5.91 Å². The van der Waals surface area contributed by atoms with Crippen molar-refractivity contribution in [1.29, 1.82) is 0 Å². The number of hydrogen-bond acceptors (Lipinski definition) is 5. The number of aromatic nitrogens is 1. The van der Waals surface area contributed by atoms with Crippen molar-refractivity contribution in [2.75, 3.05) is 16.8 Å². The highest BCUT2D eigenvalue weighted by Gasteiger charge is 2.23. The minimum Gasteiger partial charge on any atom is -0.320 e. The lowest BCUT2D eigenvalue weighted by Crippen LogP contribution is -2.23. The molecule has 1 fully saturated rings. The summed E-state index contributed by atoms with van der Waals surface area (Å²) in [5.74, 6) is -0.161. The smallest absolute Gasteiger partial charge is 0.267 e. The van der Waals surface area contributed by atoms with Gasteiger partial charge >= 0.3 is 0 Å². The number of amides is 2.